The summed E-state index contributed by atoms with van der Waals surface area (Å²) in [7, 11) is 1.07. The van der Waals surface area contributed by atoms with Crippen molar-refractivity contribution in [3.8, 4) is 0 Å². The number of nitrogens with one attached hydrogen (secondary N) is 2. The van der Waals surface area contributed by atoms with Crippen LogP contribution >= 0.6 is 0 Å². The quantitative estimate of drug-likeness (QED) is 0.295. The molecule has 0 fully saturated rings. The predicted molar refractivity (Wildman–Crippen MR) is 99.1 cm³/mol. The number of alkyl halides is 6. The first-order valence-electron chi connectivity index (χ1n) is 8.46. The van der Waals surface area contributed by atoms with Crippen molar-refractivity contribution in [1.29, 1.82) is 0 Å². The van der Waals surface area contributed by atoms with Crippen LogP contribution in [0.4, 0.5) is 37.7 Å². The average Bonchev–Trinajstić information content (AvgIpc) is 2.67. The van der Waals surface area contributed by atoms with Gasteiger partial charge in [0.2, 0.25) is 11.8 Å². The zero-order valence-corrected chi connectivity index (χ0v) is 15.7. The van der Waals surface area contributed by atoms with Gasteiger partial charge in [-0.15, -0.1) is 0 Å². The van der Waals surface area contributed by atoms with Gasteiger partial charge in [-0.25, -0.2) is 0 Å². The van der Waals surface area contributed by atoms with E-state index >= 15 is 0 Å². The minimum atomic E-state index is -4.80. The number of amides is 2. The summed E-state index contributed by atoms with van der Waals surface area (Å²) in [4.78, 5) is 29.4. The van der Waals surface area contributed by atoms with Crippen LogP contribution in [0.15, 0.2) is 53.7 Å². The predicted octanol–water partition coefficient (Wildman–Crippen LogP) is 4.55. The second-order valence-corrected chi connectivity index (χ2v) is 5.98. The Morgan fingerprint density at radius 2 is 1.23 bits per heavy atom. The molecule has 0 heterocycles. The number of carbonyl (C=O) groups excluding carboxylic acids is 2. The van der Waals surface area contributed by atoms with Crippen molar-refractivity contribution in [3.05, 3.63) is 59.7 Å². The molecule has 2 aromatic carbocycles. The molecule has 0 atom stereocenters. The molecule has 0 radical (unpaired) electrons. The maximum Gasteiger partial charge on any atom is 0.418 e. The molecule has 2 aromatic rings. The third-order valence-electron chi connectivity index (χ3n) is 3.86. The smallest absolute Gasteiger partial charge is 0.399 e. The minimum absolute atomic E-state index is 0.640. The number of benzene rings is 2. The van der Waals surface area contributed by atoms with Gasteiger partial charge in [-0.1, -0.05) is 29.4 Å². The van der Waals surface area contributed by atoms with Crippen molar-refractivity contribution in [3.63, 3.8) is 0 Å². The fourth-order valence-electron chi connectivity index (χ4n) is 2.48. The van der Waals surface area contributed by atoms with Crippen LogP contribution < -0.4 is 10.6 Å². The molecule has 2 amide bonds. The van der Waals surface area contributed by atoms with Gasteiger partial charge in [-0.2, -0.15) is 26.3 Å². The molecule has 0 saturated heterocycles. The number of hydrogen-bond acceptors (Lipinski definition) is 4. The summed E-state index contributed by atoms with van der Waals surface area (Å²) < 4.78 is 78.7. The highest BCUT2D eigenvalue weighted by molar-refractivity contribution is 6.20. The van der Waals surface area contributed by atoms with Gasteiger partial charge >= 0.3 is 12.4 Å². The molecule has 6 nitrogen and oxygen atoms in total. The maximum absolute atomic E-state index is 13.1. The minimum Gasteiger partial charge on any atom is -0.399 e. The van der Waals surface area contributed by atoms with Crippen molar-refractivity contribution in [2.75, 3.05) is 17.7 Å². The van der Waals surface area contributed by atoms with Crippen LogP contribution in [0.2, 0.25) is 0 Å². The van der Waals surface area contributed by atoms with Gasteiger partial charge in [0.1, 0.15) is 7.11 Å². The zero-order valence-electron chi connectivity index (χ0n) is 15.7. The Morgan fingerprint density at radius 1 is 0.839 bits per heavy atom. The molecule has 0 aliphatic heterocycles. The van der Waals surface area contributed by atoms with Crippen LogP contribution in [-0.4, -0.2) is 25.1 Å². The van der Waals surface area contributed by atoms with Gasteiger partial charge in [0.25, 0.3) is 0 Å². The molecule has 0 aromatic heterocycles. The standard InChI is InChI=1S/C19H15F6N3O3/c1-31-26-10-11(16(29)27-14-8-4-2-6-12(14)18(20,21)22)17(30)28-15-9-5-3-7-13(15)19(23,24)25/h2-11H,1H3,(H,27,29)(H,28,30)/b26-10+. The summed E-state index contributed by atoms with van der Waals surface area (Å²) in [5.41, 5.74) is -3.62. The number of rotatable bonds is 6. The molecule has 12 heteroatoms. The molecular weight excluding hydrogens is 432 g/mol. The molecule has 31 heavy (non-hydrogen) atoms. The number of para-hydroxylation sites is 2. The second kappa shape index (κ2) is 9.49. The van der Waals surface area contributed by atoms with Crippen molar-refractivity contribution < 1.29 is 40.8 Å². The third-order valence-corrected chi connectivity index (χ3v) is 3.86. The van der Waals surface area contributed by atoms with Gasteiger partial charge in [0, 0.05) is 0 Å². The molecule has 0 saturated carbocycles. The first-order chi connectivity index (χ1) is 14.4. The fraction of sp³-hybridized carbons (Fsp3) is 0.211. The molecule has 0 aliphatic rings. The molecule has 0 bridgehead atoms. The second-order valence-electron chi connectivity index (χ2n) is 5.98. The largest absolute Gasteiger partial charge is 0.418 e. The molecule has 0 unspecified atom stereocenters. The lowest BCUT2D eigenvalue weighted by atomic mass is 10.1. The number of carbonyl (C=O) groups is 2. The summed E-state index contributed by atoms with van der Waals surface area (Å²) in [5, 5.41) is 7.15. The Balaban J connectivity index is 2.32. The van der Waals surface area contributed by atoms with Crippen molar-refractivity contribution in [2.45, 2.75) is 12.4 Å². The van der Waals surface area contributed by atoms with Crippen LogP contribution in [0.1, 0.15) is 11.1 Å². The van der Waals surface area contributed by atoms with Crippen LogP contribution in [0, 0.1) is 5.92 Å². The van der Waals surface area contributed by atoms with E-state index in [0.717, 1.165) is 31.4 Å². The summed E-state index contributed by atoms with van der Waals surface area (Å²) in [6.45, 7) is 0. The lowest BCUT2D eigenvalue weighted by Gasteiger charge is -2.18. The topological polar surface area (TPSA) is 79.8 Å². The van der Waals surface area contributed by atoms with E-state index in [1.54, 1.807) is 0 Å². The van der Waals surface area contributed by atoms with E-state index in [1.165, 1.54) is 12.1 Å². The molecule has 0 spiro atoms. The molecule has 2 rings (SSSR count). The summed E-state index contributed by atoms with van der Waals surface area (Å²) in [5.74, 6) is -4.43. The van der Waals surface area contributed by atoms with E-state index in [-0.39, 0.29) is 0 Å². The normalized spacial score (nSPS) is 12.1. The highest BCUT2D eigenvalue weighted by Crippen LogP contribution is 2.36. The van der Waals surface area contributed by atoms with Crippen LogP contribution in [0.5, 0.6) is 0 Å². The Labute approximate surface area is 171 Å². The lowest BCUT2D eigenvalue weighted by Crippen LogP contribution is -2.36. The fourth-order valence-corrected chi connectivity index (χ4v) is 2.48. The van der Waals surface area contributed by atoms with Gasteiger partial charge < -0.3 is 15.5 Å². The maximum atomic E-state index is 13.1. The highest BCUT2D eigenvalue weighted by Gasteiger charge is 2.36. The Hall–Kier alpha value is -3.57. The van der Waals surface area contributed by atoms with Gasteiger partial charge in [0.15, 0.2) is 5.92 Å². The van der Waals surface area contributed by atoms with E-state index in [4.69, 9.17) is 0 Å². The Bertz CT molecular complexity index is 901. The van der Waals surface area contributed by atoms with Gasteiger partial charge in [-0.3, -0.25) is 9.59 Å². The first-order valence-corrected chi connectivity index (χ1v) is 8.46. The van der Waals surface area contributed by atoms with Crippen LogP contribution in [0.25, 0.3) is 0 Å². The summed E-state index contributed by atoms with van der Waals surface area (Å²) >= 11 is 0. The highest BCUT2D eigenvalue weighted by atomic mass is 19.4. The van der Waals surface area contributed by atoms with Crippen molar-refractivity contribution in [1.82, 2.24) is 0 Å². The number of hydrogen-bond donors (Lipinski definition) is 2. The molecule has 2 N–H and O–H groups in total. The number of anilines is 2. The van der Waals surface area contributed by atoms with Crippen LogP contribution in [-0.2, 0) is 26.8 Å². The van der Waals surface area contributed by atoms with Crippen molar-refractivity contribution >= 4 is 29.4 Å². The van der Waals surface area contributed by atoms with E-state index in [2.05, 4.69) is 9.99 Å². The third kappa shape index (κ3) is 6.20. The van der Waals surface area contributed by atoms with E-state index in [0.29, 0.717) is 18.3 Å². The molecule has 0 aliphatic carbocycles. The van der Waals surface area contributed by atoms with E-state index in [1.807, 2.05) is 10.6 Å². The zero-order chi connectivity index (χ0) is 23.2. The molecular formula is C19H15F6N3O3. The Kier molecular flexibility index (Phi) is 7.26. The van der Waals surface area contributed by atoms with E-state index < -0.39 is 52.6 Å². The van der Waals surface area contributed by atoms with Gasteiger partial charge in [-0.05, 0) is 24.3 Å². The monoisotopic (exact) mass is 447 g/mol. The number of halogens is 6. The average molecular weight is 447 g/mol. The number of nitrogens with zero attached hydrogens (tertiary/aromatic N) is 1. The SMILES string of the molecule is CO/N=C/C(C(=O)Nc1ccccc1C(F)(F)F)C(=O)Nc1ccccc1C(F)(F)F. The lowest BCUT2D eigenvalue weighted by molar-refractivity contribution is -0.137. The summed E-state index contributed by atoms with van der Waals surface area (Å²) in [6.07, 6.45) is -8.95. The summed E-state index contributed by atoms with van der Waals surface area (Å²) in [6, 6.07) is 8.00. The van der Waals surface area contributed by atoms with Crippen molar-refractivity contribution in [2.24, 2.45) is 11.1 Å². The molecule has 166 valence electrons. The van der Waals surface area contributed by atoms with Gasteiger partial charge in [0.05, 0.1) is 28.7 Å². The van der Waals surface area contributed by atoms with E-state index in [9.17, 15) is 35.9 Å². The number of oxime groups is 1. The van der Waals surface area contributed by atoms with Crippen LogP contribution in [0.3, 0.4) is 0 Å². The Morgan fingerprint density at radius 3 is 1.58 bits per heavy atom. The first kappa shape index (κ1) is 23.7.